The van der Waals surface area contributed by atoms with Crippen LogP contribution in [0.3, 0.4) is 0 Å². The SMILES string of the molecule is CC/C=C\C/C=C\C/C=C\C/C=C\CCCCCCCCC(=O)O[C@H](COC(=O)CCC/C=C\C/C=C\C/C=C\C=C\C(=O)CCCCC)COP(=O)(O)O[C@H]1C(O)C(O)C(O)[C@@H](OP(=O)(O)O)C1O. The summed E-state index contributed by atoms with van der Waals surface area (Å²) in [6.07, 6.45) is 33.4. The number of aliphatic hydroxyl groups excluding tert-OH is 4. The van der Waals surface area contributed by atoms with Crippen LogP contribution in [0.15, 0.2) is 97.2 Å². The lowest BCUT2D eigenvalue weighted by Crippen LogP contribution is -2.64. The second-order valence-corrected chi connectivity index (χ2v) is 19.4. The van der Waals surface area contributed by atoms with Gasteiger partial charge in [-0.1, -0.05) is 144 Å². The van der Waals surface area contributed by atoms with E-state index in [0.717, 1.165) is 83.5 Å². The maximum absolute atomic E-state index is 13.0. The Hall–Kier alpha value is -3.41. The topological polar surface area (TPSA) is 273 Å². The molecule has 0 aromatic heterocycles. The molecule has 1 fully saturated rings. The normalized spacial score (nSPS) is 21.7. The van der Waals surface area contributed by atoms with E-state index in [2.05, 4.69) is 67.0 Å². The number of hydrogen-bond donors (Lipinski definition) is 7. The van der Waals surface area contributed by atoms with E-state index in [9.17, 15) is 58.6 Å². The summed E-state index contributed by atoms with van der Waals surface area (Å²) in [5, 5.41) is 41.3. The van der Waals surface area contributed by atoms with Gasteiger partial charge in [0.05, 0.1) is 6.61 Å². The standard InChI is InChI=1S/C51H82O17P2/c1-3-5-7-8-9-10-11-12-13-14-15-16-17-18-21-25-28-31-35-39-45(54)66-43(41-65-70(62,63)68-51-48(57)46(55)47(56)50(49(51)58)67-69(59,60)61)40-64-44(53)38-34-30-27-24-22-19-20-23-26-29-33-37-42(52)36-32-6-4-2/h5,7,9-10,12-13,15-16,19-20,24,26-27,29,33,37,43,46-51,55-58H,3-4,6,8,11,14,17-18,21-23,25,28,30-32,34-36,38-41H2,1-2H3,(H,62,63)(H2,59,60,61)/b7-5-,10-9-,13-12-,16-15-,20-19-,27-24-,29-26-,37-33+/t43-,46?,47?,48?,49?,50-,51+/m1/s1. The highest BCUT2D eigenvalue weighted by atomic mass is 31.2. The molecule has 8 atom stereocenters. The number of ether oxygens (including phenoxy) is 2. The Kier molecular flexibility index (Phi) is 37.0. The van der Waals surface area contributed by atoms with Crippen molar-refractivity contribution in [3.05, 3.63) is 97.2 Å². The van der Waals surface area contributed by atoms with E-state index in [4.69, 9.17) is 18.5 Å². The maximum Gasteiger partial charge on any atom is 0.472 e. The molecule has 0 aliphatic heterocycles. The maximum atomic E-state index is 13.0. The Morgan fingerprint density at radius 2 is 1.01 bits per heavy atom. The average Bonchev–Trinajstić information content (AvgIpc) is 3.31. The molecule has 0 radical (unpaired) electrons. The van der Waals surface area contributed by atoms with Crippen LogP contribution in [0.4, 0.5) is 0 Å². The number of phosphoric ester groups is 2. The third-order valence-electron chi connectivity index (χ3n) is 10.6. The van der Waals surface area contributed by atoms with E-state index in [1.807, 2.05) is 36.5 Å². The monoisotopic (exact) mass is 1030 g/mol. The Labute approximate surface area is 415 Å². The van der Waals surface area contributed by atoms with Gasteiger partial charge in [-0.15, -0.1) is 0 Å². The van der Waals surface area contributed by atoms with Crippen LogP contribution < -0.4 is 0 Å². The fourth-order valence-corrected chi connectivity index (χ4v) is 8.33. The third-order valence-corrected chi connectivity index (χ3v) is 12.1. The molecule has 19 heteroatoms. The Morgan fingerprint density at radius 3 is 1.60 bits per heavy atom. The molecule has 5 unspecified atom stereocenters. The Bertz CT molecular complexity index is 1780. The van der Waals surface area contributed by atoms with Gasteiger partial charge in [0.1, 0.15) is 43.2 Å². The first-order valence-electron chi connectivity index (χ1n) is 24.7. The molecule has 0 aromatic carbocycles. The zero-order chi connectivity index (χ0) is 51.9. The largest absolute Gasteiger partial charge is 0.472 e. The molecule has 7 N–H and O–H groups in total. The van der Waals surface area contributed by atoms with Gasteiger partial charge in [0, 0.05) is 19.3 Å². The number of carbonyl (C=O) groups excluding carboxylic acids is 3. The first-order valence-corrected chi connectivity index (χ1v) is 27.8. The molecule has 0 amide bonds. The van der Waals surface area contributed by atoms with Crippen LogP contribution in [0.25, 0.3) is 0 Å². The van der Waals surface area contributed by atoms with Crippen LogP contribution in [0.2, 0.25) is 0 Å². The van der Waals surface area contributed by atoms with Crippen LogP contribution in [0.5, 0.6) is 0 Å². The van der Waals surface area contributed by atoms with Gasteiger partial charge in [0.25, 0.3) is 0 Å². The predicted molar refractivity (Wildman–Crippen MR) is 269 cm³/mol. The van der Waals surface area contributed by atoms with Crippen LogP contribution in [-0.2, 0) is 46.6 Å². The van der Waals surface area contributed by atoms with Crippen molar-refractivity contribution in [1.82, 2.24) is 0 Å². The fourth-order valence-electron chi connectivity index (χ4n) is 6.79. The molecular weight excluding hydrogens is 946 g/mol. The molecule has 70 heavy (non-hydrogen) atoms. The predicted octanol–water partition coefficient (Wildman–Crippen LogP) is 9.13. The van der Waals surface area contributed by atoms with E-state index in [1.165, 1.54) is 0 Å². The van der Waals surface area contributed by atoms with E-state index in [0.29, 0.717) is 38.5 Å². The minimum atomic E-state index is -5.39. The van der Waals surface area contributed by atoms with E-state index in [1.54, 1.807) is 12.2 Å². The van der Waals surface area contributed by atoms with Gasteiger partial charge in [-0.3, -0.25) is 28.0 Å². The number of phosphoric acid groups is 2. The van der Waals surface area contributed by atoms with Crippen molar-refractivity contribution in [3.8, 4) is 0 Å². The lowest BCUT2D eigenvalue weighted by molar-refractivity contribution is -0.216. The highest BCUT2D eigenvalue weighted by Gasteiger charge is 2.54. The smallest absolute Gasteiger partial charge is 0.462 e. The van der Waals surface area contributed by atoms with Crippen molar-refractivity contribution >= 4 is 33.4 Å². The average molecular weight is 1030 g/mol. The summed E-state index contributed by atoms with van der Waals surface area (Å²) in [7, 11) is -10.7. The first-order chi connectivity index (χ1) is 33.5. The number of esters is 2. The van der Waals surface area contributed by atoms with E-state index < -0.39 is 83.5 Å². The minimum Gasteiger partial charge on any atom is -0.462 e. The summed E-state index contributed by atoms with van der Waals surface area (Å²) in [5.41, 5.74) is 0. The summed E-state index contributed by atoms with van der Waals surface area (Å²) >= 11 is 0. The van der Waals surface area contributed by atoms with Crippen molar-refractivity contribution in [3.63, 3.8) is 0 Å². The number of hydrogen-bond acceptors (Lipinski definition) is 14. The van der Waals surface area contributed by atoms with Gasteiger partial charge in [-0.05, 0) is 83.1 Å². The molecule has 0 aromatic rings. The van der Waals surface area contributed by atoms with Crippen molar-refractivity contribution in [2.45, 2.75) is 191 Å². The van der Waals surface area contributed by atoms with Gasteiger partial charge in [-0.25, -0.2) is 9.13 Å². The molecule has 1 rings (SSSR count). The molecule has 1 aliphatic carbocycles. The van der Waals surface area contributed by atoms with Crippen molar-refractivity contribution in [2.24, 2.45) is 0 Å². The number of ketones is 1. The summed E-state index contributed by atoms with van der Waals surface area (Å²) in [6.45, 7) is 2.77. The number of rotatable bonds is 40. The van der Waals surface area contributed by atoms with Crippen molar-refractivity contribution in [2.75, 3.05) is 13.2 Å². The minimum absolute atomic E-state index is 0.00168. The van der Waals surface area contributed by atoms with E-state index >= 15 is 0 Å². The van der Waals surface area contributed by atoms with Gasteiger partial charge in [-0.2, -0.15) is 0 Å². The van der Waals surface area contributed by atoms with Crippen LogP contribution in [-0.4, -0.2) is 109 Å². The molecule has 0 heterocycles. The molecule has 0 bridgehead atoms. The molecular formula is C51H82O17P2. The first kappa shape index (κ1) is 64.6. The van der Waals surface area contributed by atoms with Gasteiger partial charge in [0.2, 0.25) is 0 Å². The molecule has 0 saturated heterocycles. The van der Waals surface area contributed by atoms with Gasteiger partial charge >= 0.3 is 27.6 Å². The van der Waals surface area contributed by atoms with Crippen LogP contribution in [0.1, 0.15) is 149 Å². The van der Waals surface area contributed by atoms with Crippen LogP contribution >= 0.6 is 15.6 Å². The lowest BCUT2D eigenvalue weighted by Gasteiger charge is -2.43. The number of allylic oxidation sites excluding steroid dienone is 16. The van der Waals surface area contributed by atoms with Gasteiger partial charge in [0.15, 0.2) is 11.9 Å². The van der Waals surface area contributed by atoms with Crippen molar-refractivity contribution in [1.29, 1.82) is 0 Å². The zero-order valence-electron chi connectivity index (χ0n) is 41.1. The second kappa shape index (κ2) is 40.1. The van der Waals surface area contributed by atoms with Crippen LogP contribution in [0, 0.1) is 0 Å². The second-order valence-electron chi connectivity index (χ2n) is 16.8. The van der Waals surface area contributed by atoms with Crippen molar-refractivity contribution < 1.29 is 81.7 Å². The lowest BCUT2D eigenvalue weighted by atomic mass is 9.85. The number of carbonyl (C=O) groups is 3. The summed E-state index contributed by atoms with van der Waals surface area (Å²) in [6, 6.07) is 0. The molecule has 1 saturated carbocycles. The summed E-state index contributed by atoms with van der Waals surface area (Å²) in [5.74, 6) is -1.20. The molecule has 0 spiro atoms. The fraction of sp³-hybridized carbons (Fsp3) is 0.627. The number of unbranched alkanes of at least 4 members (excludes halogenated alkanes) is 9. The summed E-state index contributed by atoms with van der Waals surface area (Å²) in [4.78, 5) is 66.1. The van der Waals surface area contributed by atoms with E-state index in [-0.39, 0.29) is 18.6 Å². The highest BCUT2D eigenvalue weighted by Crippen LogP contribution is 2.49. The third kappa shape index (κ3) is 34.0. The zero-order valence-corrected chi connectivity index (χ0v) is 42.9. The quantitative estimate of drug-likeness (QED) is 0.00752. The Morgan fingerprint density at radius 1 is 0.514 bits per heavy atom. The highest BCUT2D eigenvalue weighted by molar-refractivity contribution is 7.47. The van der Waals surface area contributed by atoms with Gasteiger partial charge < -0.3 is 44.6 Å². The molecule has 1 aliphatic rings. The summed E-state index contributed by atoms with van der Waals surface area (Å²) < 4.78 is 49.3. The number of aliphatic hydroxyl groups is 4. The Balaban J connectivity index is 2.64. The molecule has 398 valence electrons. The molecule has 17 nitrogen and oxygen atoms in total.